The average Bonchev–Trinajstić information content (AvgIpc) is 2.70. The second-order valence-corrected chi connectivity index (χ2v) is 6.84. The van der Waals surface area contributed by atoms with E-state index in [1.54, 1.807) is 26.4 Å². The maximum Gasteiger partial charge on any atom is 0.336 e. The van der Waals surface area contributed by atoms with Crippen LogP contribution in [0.3, 0.4) is 0 Å². The molecule has 1 N–H and O–H groups in total. The van der Waals surface area contributed by atoms with Crippen LogP contribution >= 0.6 is 0 Å². The predicted octanol–water partition coefficient (Wildman–Crippen LogP) is 3.20. The Kier molecular flexibility index (Phi) is 6.34. The van der Waals surface area contributed by atoms with E-state index in [-0.39, 0.29) is 11.7 Å². The van der Waals surface area contributed by atoms with E-state index in [1.807, 2.05) is 24.3 Å². The zero-order valence-corrected chi connectivity index (χ0v) is 16.7. The molecule has 1 heterocycles. The summed E-state index contributed by atoms with van der Waals surface area (Å²) < 4.78 is 15.8. The Morgan fingerprint density at radius 3 is 2.32 bits per heavy atom. The molecule has 28 heavy (non-hydrogen) atoms. The maximum absolute atomic E-state index is 11.9. The third-order valence-electron chi connectivity index (χ3n) is 4.81. The number of rotatable bonds is 8. The Hall–Kier alpha value is -2.83. The van der Waals surface area contributed by atoms with Gasteiger partial charge in [-0.1, -0.05) is 12.1 Å². The standard InChI is InChI=1S/C22H26N2O4/c1-24(2)20(15-5-7-17(26-3)8-6-15)14-23-13-16-11-22(25)28-21-12-18(27-4)9-10-19(16)21/h5-12,20,23H,13-14H2,1-4H3/t20-/m0/s1. The molecule has 0 saturated heterocycles. The van der Waals surface area contributed by atoms with Gasteiger partial charge >= 0.3 is 5.63 Å². The number of nitrogens with one attached hydrogen (secondary N) is 1. The fourth-order valence-electron chi connectivity index (χ4n) is 3.25. The van der Waals surface area contributed by atoms with Crippen LogP contribution in [-0.2, 0) is 6.54 Å². The van der Waals surface area contributed by atoms with Crippen molar-refractivity contribution in [3.05, 3.63) is 70.1 Å². The van der Waals surface area contributed by atoms with Gasteiger partial charge in [0.25, 0.3) is 0 Å². The summed E-state index contributed by atoms with van der Waals surface area (Å²) in [5, 5.41) is 4.38. The molecule has 6 nitrogen and oxygen atoms in total. The highest BCUT2D eigenvalue weighted by molar-refractivity contribution is 5.81. The molecule has 0 fully saturated rings. The van der Waals surface area contributed by atoms with Gasteiger partial charge in [0.2, 0.25) is 0 Å². The summed E-state index contributed by atoms with van der Waals surface area (Å²) in [5.41, 5.74) is 2.27. The first kappa shape index (κ1) is 19.9. The molecule has 6 heteroatoms. The number of methoxy groups -OCH3 is 2. The number of hydrogen-bond donors (Lipinski definition) is 1. The highest BCUT2D eigenvalue weighted by Gasteiger charge is 2.14. The van der Waals surface area contributed by atoms with Crippen molar-refractivity contribution in [2.75, 3.05) is 34.9 Å². The molecule has 1 aromatic heterocycles. The number of hydrogen-bond acceptors (Lipinski definition) is 6. The smallest absolute Gasteiger partial charge is 0.336 e. The fourth-order valence-corrected chi connectivity index (χ4v) is 3.25. The molecule has 0 aliphatic rings. The molecule has 148 valence electrons. The topological polar surface area (TPSA) is 63.9 Å². The minimum absolute atomic E-state index is 0.192. The SMILES string of the molecule is COc1ccc([C@H](CNCc2cc(=O)oc3cc(OC)ccc23)N(C)C)cc1. The second kappa shape index (κ2) is 8.91. The summed E-state index contributed by atoms with van der Waals surface area (Å²) in [6.45, 7) is 1.30. The molecular weight excluding hydrogens is 356 g/mol. The van der Waals surface area contributed by atoms with Gasteiger partial charge in [-0.15, -0.1) is 0 Å². The van der Waals surface area contributed by atoms with Crippen LogP contribution in [0.1, 0.15) is 17.2 Å². The number of fused-ring (bicyclic) bond motifs is 1. The Morgan fingerprint density at radius 2 is 1.68 bits per heavy atom. The van der Waals surface area contributed by atoms with Crippen LogP contribution in [0.4, 0.5) is 0 Å². The molecule has 2 aromatic carbocycles. The zero-order chi connectivity index (χ0) is 20.1. The molecule has 0 aliphatic carbocycles. The first-order chi connectivity index (χ1) is 13.5. The molecule has 0 saturated carbocycles. The molecular formula is C22H26N2O4. The number of likely N-dealkylation sites (N-methyl/N-ethyl adjacent to an activating group) is 1. The van der Waals surface area contributed by atoms with Gasteiger partial charge in [-0.2, -0.15) is 0 Å². The van der Waals surface area contributed by atoms with Gasteiger partial charge in [-0.05, 0) is 49.5 Å². The molecule has 3 rings (SSSR count). The van der Waals surface area contributed by atoms with Crippen LogP contribution < -0.4 is 20.4 Å². The Morgan fingerprint density at radius 1 is 1.00 bits per heavy atom. The van der Waals surface area contributed by atoms with Gasteiger partial charge in [0.1, 0.15) is 17.1 Å². The third-order valence-corrected chi connectivity index (χ3v) is 4.81. The highest BCUT2D eigenvalue weighted by Crippen LogP contribution is 2.23. The lowest BCUT2D eigenvalue weighted by atomic mass is 10.1. The largest absolute Gasteiger partial charge is 0.497 e. The molecule has 0 radical (unpaired) electrons. The minimum Gasteiger partial charge on any atom is -0.497 e. The second-order valence-electron chi connectivity index (χ2n) is 6.84. The van der Waals surface area contributed by atoms with Gasteiger partial charge in [0.05, 0.1) is 14.2 Å². The van der Waals surface area contributed by atoms with Gasteiger partial charge in [0, 0.05) is 36.7 Å². The van der Waals surface area contributed by atoms with Crippen molar-refractivity contribution >= 4 is 11.0 Å². The Labute approximate surface area is 164 Å². The van der Waals surface area contributed by atoms with Crippen molar-refractivity contribution in [2.24, 2.45) is 0 Å². The van der Waals surface area contributed by atoms with Crippen molar-refractivity contribution in [1.29, 1.82) is 0 Å². The van der Waals surface area contributed by atoms with Crippen molar-refractivity contribution in [1.82, 2.24) is 10.2 Å². The molecule has 0 aliphatic heterocycles. The summed E-state index contributed by atoms with van der Waals surface area (Å²) >= 11 is 0. The van der Waals surface area contributed by atoms with Crippen LogP contribution in [-0.4, -0.2) is 39.8 Å². The van der Waals surface area contributed by atoms with Crippen LogP contribution in [0.25, 0.3) is 11.0 Å². The van der Waals surface area contributed by atoms with Crippen molar-refractivity contribution in [2.45, 2.75) is 12.6 Å². The van der Waals surface area contributed by atoms with E-state index in [0.717, 1.165) is 23.2 Å². The summed E-state index contributed by atoms with van der Waals surface area (Å²) in [6, 6.07) is 15.3. The van der Waals surface area contributed by atoms with E-state index in [1.165, 1.54) is 5.56 Å². The molecule has 0 unspecified atom stereocenters. The fraction of sp³-hybridized carbons (Fsp3) is 0.318. The van der Waals surface area contributed by atoms with E-state index < -0.39 is 0 Å². The lowest BCUT2D eigenvalue weighted by molar-refractivity contribution is 0.288. The number of benzene rings is 2. The monoisotopic (exact) mass is 382 g/mol. The van der Waals surface area contributed by atoms with Gasteiger partial charge < -0.3 is 24.1 Å². The highest BCUT2D eigenvalue weighted by atomic mass is 16.5. The van der Waals surface area contributed by atoms with E-state index in [0.29, 0.717) is 17.9 Å². The van der Waals surface area contributed by atoms with Crippen molar-refractivity contribution in [3.63, 3.8) is 0 Å². The molecule has 0 bridgehead atoms. The molecule has 3 aromatic rings. The van der Waals surface area contributed by atoms with Crippen LogP contribution in [0, 0.1) is 0 Å². The summed E-state index contributed by atoms with van der Waals surface area (Å²) in [4.78, 5) is 14.1. The van der Waals surface area contributed by atoms with E-state index in [9.17, 15) is 4.79 Å². The predicted molar refractivity (Wildman–Crippen MR) is 110 cm³/mol. The van der Waals surface area contributed by atoms with E-state index in [4.69, 9.17) is 13.9 Å². The van der Waals surface area contributed by atoms with E-state index in [2.05, 4.69) is 36.4 Å². The normalized spacial score (nSPS) is 12.3. The summed E-state index contributed by atoms with van der Waals surface area (Å²) in [5.74, 6) is 1.50. The molecule has 1 atom stereocenters. The van der Waals surface area contributed by atoms with Gasteiger partial charge in [0.15, 0.2) is 0 Å². The van der Waals surface area contributed by atoms with Crippen LogP contribution in [0.15, 0.2) is 57.7 Å². The van der Waals surface area contributed by atoms with Crippen molar-refractivity contribution < 1.29 is 13.9 Å². The Bertz CT molecular complexity index is 980. The lowest BCUT2D eigenvalue weighted by Crippen LogP contribution is -2.31. The number of ether oxygens (including phenoxy) is 2. The zero-order valence-electron chi connectivity index (χ0n) is 16.7. The van der Waals surface area contributed by atoms with E-state index >= 15 is 0 Å². The molecule has 0 amide bonds. The minimum atomic E-state index is -0.364. The van der Waals surface area contributed by atoms with Gasteiger partial charge in [-0.3, -0.25) is 0 Å². The summed E-state index contributed by atoms with van der Waals surface area (Å²) in [7, 11) is 7.35. The quantitative estimate of drug-likeness (QED) is 0.604. The number of nitrogens with zero attached hydrogens (tertiary/aromatic N) is 1. The lowest BCUT2D eigenvalue weighted by Gasteiger charge is -2.25. The Balaban J connectivity index is 1.76. The van der Waals surface area contributed by atoms with Crippen molar-refractivity contribution in [3.8, 4) is 11.5 Å². The van der Waals surface area contributed by atoms with Crippen LogP contribution in [0.2, 0.25) is 0 Å². The van der Waals surface area contributed by atoms with Crippen LogP contribution in [0.5, 0.6) is 11.5 Å². The maximum atomic E-state index is 11.9. The molecule has 0 spiro atoms. The first-order valence-corrected chi connectivity index (χ1v) is 9.13. The van der Waals surface area contributed by atoms with Gasteiger partial charge in [-0.25, -0.2) is 4.79 Å². The average molecular weight is 382 g/mol. The summed E-state index contributed by atoms with van der Waals surface area (Å²) in [6.07, 6.45) is 0. The first-order valence-electron chi connectivity index (χ1n) is 9.13. The third kappa shape index (κ3) is 4.52.